The Morgan fingerprint density at radius 3 is 2.80 bits per heavy atom. The third-order valence-electron chi connectivity index (χ3n) is 6.54. The molecular formula is C21H27N5O4. The number of nitrogens with zero attached hydrogens (tertiary/aromatic N) is 2. The molecule has 2 heterocycles. The van der Waals surface area contributed by atoms with Crippen LogP contribution in [0.5, 0.6) is 0 Å². The Hall–Kier alpha value is -2.84. The van der Waals surface area contributed by atoms with Gasteiger partial charge in [-0.15, -0.1) is 0 Å². The fourth-order valence-corrected chi connectivity index (χ4v) is 4.97. The van der Waals surface area contributed by atoms with E-state index >= 15 is 0 Å². The van der Waals surface area contributed by atoms with Crippen molar-refractivity contribution in [2.45, 2.75) is 69.9 Å². The summed E-state index contributed by atoms with van der Waals surface area (Å²) in [7, 11) is 0. The first-order valence-electron chi connectivity index (χ1n) is 10.8. The molecule has 2 amide bonds. The second kappa shape index (κ2) is 7.77. The number of anilines is 1. The number of amides is 2. The maximum atomic E-state index is 12.2. The smallest absolute Gasteiger partial charge is 0.407 e. The average Bonchev–Trinajstić information content (AvgIpc) is 3.20. The molecule has 9 heteroatoms. The van der Waals surface area contributed by atoms with Crippen LogP contribution in [0.4, 0.5) is 10.6 Å². The van der Waals surface area contributed by atoms with Crippen molar-refractivity contribution in [3.63, 3.8) is 0 Å². The van der Waals surface area contributed by atoms with Gasteiger partial charge < -0.3 is 19.9 Å². The fourth-order valence-electron chi connectivity index (χ4n) is 4.97. The van der Waals surface area contributed by atoms with E-state index in [-0.39, 0.29) is 36.5 Å². The molecule has 0 aromatic carbocycles. The molecule has 0 saturated heterocycles. The van der Waals surface area contributed by atoms with E-state index in [4.69, 9.17) is 9.26 Å². The van der Waals surface area contributed by atoms with Crippen LogP contribution in [0.2, 0.25) is 0 Å². The van der Waals surface area contributed by atoms with E-state index in [1.165, 1.54) is 6.42 Å². The number of alkyl carbamates (subject to hydrolysis) is 1. The lowest BCUT2D eigenvalue weighted by Gasteiger charge is -2.17. The zero-order valence-electron chi connectivity index (χ0n) is 17.0. The van der Waals surface area contributed by atoms with Crippen LogP contribution in [0, 0.1) is 18.8 Å². The summed E-state index contributed by atoms with van der Waals surface area (Å²) in [6.07, 6.45) is 5.80. The molecule has 3 saturated carbocycles. The van der Waals surface area contributed by atoms with E-state index in [2.05, 4.69) is 26.0 Å². The largest absolute Gasteiger partial charge is 0.446 e. The highest BCUT2D eigenvalue weighted by Gasteiger charge is 2.46. The molecule has 0 radical (unpaired) electrons. The van der Waals surface area contributed by atoms with Crippen LogP contribution in [0.1, 0.15) is 61.6 Å². The summed E-state index contributed by atoms with van der Waals surface area (Å²) in [4.78, 5) is 24.3. The predicted octanol–water partition coefficient (Wildman–Crippen LogP) is 3.05. The Balaban J connectivity index is 1.08. The van der Waals surface area contributed by atoms with Gasteiger partial charge in [0.15, 0.2) is 5.82 Å². The topological polar surface area (TPSA) is 122 Å². The summed E-state index contributed by atoms with van der Waals surface area (Å²) in [5.74, 6) is 2.69. The number of ether oxygens (including phenoxy) is 1. The number of carbonyl (C=O) groups excluding carboxylic acids is 2. The lowest BCUT2D eigenvalue weighted by molar-refractivity contribution is -0.115. The number of hydrogen-bond acceptors (Lipinski definition) is 6. The van der Waals surface area contributed by atoms with Gasteiger partial charge >= 0.3 is 6.09 Å². The van der Waals surface area contributed by atoms with Crippen molar-refractivity contribution in [2.75, 3.05) is 5.32 Å². The number of aryl methyl sites for hydroxylation is 1. The van der Waals surface area contributed by atoms with E-state index in [1.54, 1.807) is 6.07 Å². The van der Waals surface area contributed by atoms with Crippen molar-refractivity contribution in [1.29, 1.82) is 0 Å². The average molecular weight is 413 g/mol. The number of nitrogens with one attached hydrogen (secondary N) is 3. The van der Waals surface area contributed by atoms with Crippen molar-refractivity contribution >= 4 is 17.8 Å². The van der Waals surface area contributed by atoms with Gasteiger partial charge in [-0.2, -0.15) is 5.10 Å². The van der Waals surface area contributed by atoms with Crippen LogP contribution in [-0.2, 0) is 16.0 Å². The normalized spacial score (nSPS) is 29.4. The van der Waals surface area contributed by atoms with Gasteiger partial charge in [0.1, 0.15) is 11.9 Å². The van der Waals surface area contributed by atoms with E-state index in [9.17, 15) is 9.59 Å². The minimum Gasteiger partial charge on any atom is -0.446 e. The van der Waals surface area contributed by atoms with Crippen molar-refractivity contribution in [3.05, 3.63) is 29.3 Å². The van der Waals surface area contributed by atoms with Gasteiger partial charge in [-0.05, 0) is 57.3 Å². The molecule has 0 spiro atoms. The Labute approximate surface area is 174 Å². The Morgan fingerprint density at radius 2 is 2.03 bits per heavy atom. The highest BCUT2D eigenvalue weighted by Crippen LogP contribution is 2.51. The zero-order valence-corrected chi connectivity index (χ0v) is 17.0. The third kappa shape index (κ3) is 4.34. The minimum atomic E-state index is -0.285. The fraction of sp³-hybridized carbons (Fsp3) is 0.619. The van der Waals surface area contributed by atoms with Crippen LogP contribution < -0.4 is 10.6 Å². The van der Waals surface area contributed by atoms with Crippen molar-refractivity contribution in [3.8, 4) is 0 Å². The molecule has 4 unspecified atom stereocenters. The highest BCUT2D eigenvalue weighted by atomic mass is 16.6. The SMILES string of the molecule is Cc1cc(CC(=O)Nc2cc(C3CCC(OC(=O)NC4CC5CC5C4)C3)[nH]n2)on1. The standard InChI is InChI=1S/C21H27N5O4/c1-11-4-17(30-26-11)9-20(27)23-19-10-18(24-25-19)12-2-3-16(8-12)29-21(28)22-15-6-13-5-14(13)7-15/h4,10,12-16H,2-3,5-9H2,1H3,(H,22,28)(H2,23,24,25,27). The lowest BCUT2D eigenvalue weighted by Crippen LogP contribution is -2.36. The summed E-state index contributed by atoms with van der Waals surface area (Å²) >= 11 is 0. The Kier molecular flexibility index (Phi) is 4.96. The summed E-state index contributed by atoms with van der Waals surface area (Å²) in [5, 5.41) is 16.8. The monoisotopic (exact) mass is 413 g/mol. The molecule has 9 nitrogen and oxygen atoms in total. The minimum absolute atomic E-state index is 0.0815. The van der Waals surface area contributed by atoms with E-state index in [0.717, 1.165) is 55.3 Å². The summed E-state index contributed by atoms with van der Waals surface area (Å²) < 4.78 is 10.7. The molecule has 3 N–H and O–H groups in total. The van der Waals surface area contributed by atoms with Gasteiger partial charge in [0.05, 0.1) is 12.1 Å². The second-order valence-electron chi connectivity index (χ2n) is 8.97. The van der Waals surface area contributed by atoms with Crippen LogP contribution in [0.3, 0.4) is 0 Å². The number of carbonyl (C=O) groups is 2. The zero-order chi connectivity index (χ0) is 20.7. The first kappa shape index (κ1) is 19.1. The van der Waals surface area contributed by atoms with Gasteiger partial charge in [-0.1, -0.05) is 5.16 Å². The molecule has 3 aliphatic carbocycles. The van der Waals surface area contributed by atoms with E-state index in [1.807, 2.05) is 13.0 Å². The maximum absolute atomic E-state index is 12.2. The summed E-state index contributed by atoms with van der Waals surface area (Å²) in [5.41, 5.74) is 1.69. The number of fused-ring (bicyclic) bond motifs is 1. The molecule has 30 heavy (non-hydrogen) atoms. The molecule has 2 aromatic rings. The number of aromatic amines is 1. The maximum Gasteiger partial charge on any atom is 0.407 e. The first-order valence-corrected chi connectivity index (χ1v) is 10.8. The number of hydrogen-bond donors (Lipinski definition) is 3. The molecule has 3 aliphatic rings. The van der Waals surface area contributed by atoms with Gasteiger partial charge in [-0.3, -0.25) is 9.89 Å². The van der Waals surface area contributed by atoms with Gasteiger partial charge in [0.2, 0.25) is 5.91 Å². The number of H-pyrrole nitrogens is 1. The molecular weight excluding hydrogens is 386 g/mol. The van der Waals surface area contributed by atoms with Gasteiger partial charge in [0, 0.05) is 29.8 Å². The second-order valence-corrected chi connectivity index (χ2v) is 8.97. The highest BCUT2D eigenvalue weighted by molar-refractivity contribution is 5.91. The van der Waals surface area contributed by atoms with E-state index < -0.39 is 0 Å². The Bertz CT molecular complexity index is 927. The molecule has 160 valence electrons. The lowest BCUT2D eigenvalue weighted by atomic mass is 10.0. The molecule has 0 aliphatic heterocycles. The van der Waals surface area contributed by atoms with Gasteiger partial charge in [0.25, 0.3) is 0 Å². The summed E-state index contributed by atoms with van der Waals surface area (Å²) in [6, 6.07) is 3.87. The van der Waals surface area contributed by atoms with Gasteiger partial charge in [-0.25, -0.2) is 4.79 Å². The van der Waals surface area contributed by atoms with Crippen LogP contribution in [0.15, 0.2) is 16.7 Å². The van der Waals surface area contributed by atoms with E-state index in [0.29, 0.717) is 11.6 Å². The van der Waals surface area contributed by atoms with Crippen LogP contribution in [0.25, 0.3) is 0 Å². The quantitative estimate of drug-likeness (QED) is 0.669. The molecule has 0 bridgehead atoms. The molecule has 4 atom stereocenters. The van der Waals surface area contributed by atoms with Crippen molar-refractivity contribution < 1.29 is 18.8 Å². The number of rotatable bonds is 6. The molecule has 3 fully saturated rings. The third-order valence-corrected chi connectivity index (χ3v) is 6.54. The summed E-state index contributed by atoms with van der Waals surface area (Å²) in [6.45, 7) is 1.81. The Morgan fingerprint density at radius 1 is 1.20 bits per heavy atom. The van der Waals surface area contributed by atoms with Crippen LogP contribution >= 0.6 is 0 Å². The number of aromatic nitrogens is 3. The van der Waals surface area contributed by atoms with Crippen molar-refractivity contribution in [2.24, 2.45) is 11.8 Å². The predicted molar refractivity (Wildman–Crippen MR) is 107 cm³/mol. The van der Waals surface area contributed by atoms with Crippen molar-refractivity contribution in [1.82, 2.24) is 20.7 Å². The van der Waals surface area contributed by atoms with Crippen LogP contribution in [-0.4, -0.2) is 39.5 Å². The molecule has 2 aromatic heterocycles. The first-order chi connectivity index (χ1) is 14.5. The molecule has 5 rings (SSSR count).